The number of hydrogen-bond acceptors (Lipinski definition) is 4. The topological polar surface area (TPSA) is 78.4 Å². The van der Waals surface area contributed by atoms with Gasteiger partial charge in [-0.3, -0.25) is 9.69 Å². The Hall–Kier alpha value is -3.74. The predicted octanol–water partition coefficient (Wildman–Crippen LogP) is 4.24. The van der Waals surface area contributed by atoms with Crippen molar-refractivity contribution in [2.75, 3.05) is 31.1 Å². The third kappa shape index (κ3) is 5.04. The van der Waals surface area contributed by atoms with Gasteiger partial charge in [-0.25, -0.2) is 14.8 Å². The number of rotatable bonds is 5. The summed E-state index contributed by atoms with van der Waals surface area (Å²) in [5.74, 6) is 1.07. The number of nitrogens with zero attached hydrogens (tertiary/aromatic N) is 4. The van der Waals surface area contributed by atoms with Crippen LogP contribution in [0.15, 0.2) is 54.7 Å². The van der Waals surface area contributed by atoms with Crippen molar-refractivity contribution >= 4 is 17.6 Å². The number of amides is 3. The number of aromatic nitrogens is 2. The Labute approximate surface area is 206 Å². The van der Waals surface area contributed by atoms with Crippen LogP contribution in [0.5, 0.6) is 0 Å². The van der Waals surface area contributed by atoms with E-state index in [0.29, 0.717) is 26.1 Å². The van der Waals surface area contributed by atoms with Crippen molar-refractivity contribution in [3.63, 3.8) is 0 Å². The quantitative estimate of drug-likeness (QED) is 0.606. The second kappa shape index (κ2) is 9.86. The second-order valence-electron chi connectivity index (χ2n) is 9.49. The predicted molar refractivity (Wildman–Crippen MR) is 136 cm³/mol. The van der Waals surface area contributed by atoms with Crippen molar-refractivity contribution in [1.82, 2.24) is 20.2 Å². The van der Waals surface area contributed by atoms with Gasteiger partial charge in [0.15, 0.2) is 0 Å². The molecule has 2 fully saturated rings. The lowest BCUT2D eigenvalue weighted by atomic mass is 9.89. The van der Waals surface area contributed by atoms with E-state index in [4.69, 9.17) is 4.98 Å². The van der Waals surface area contributed by atoms with Crippen molar-refractivity contribution in [3.05, 3.63) is 77.4 Å². The third-order valence-electron chi connectivity index (χ3n) is 6.89. The van der Waals surface area contributed by atoms with E-state index in [9.17, 15) is 9.59 Å². The summed E-state index contributed by atoms with van der Waals surface area (Å²) in [7, 11) is 0. The van der Waals surface area contributed by atoms with Gasteiger partial charge in [0.25, 0.3) is 0 Å². The Balaban J connectivity index is 1.30. The van der Waals surface area contributed by atoms with Gasteiger partial charge in [-0.15, -0.1) is 0 Å². The molecule has 2 aliphatic rings. The number of anilines is 1. The maximum absolute atomic E-state index is 13.2. The zero-order valence-corrected chi connectivity index (χ0v) is 20.3. The highest BCUT2D eigenvalue weighted by atomic mass is 16.2. The van der Waals surface area contributed by atoms with Crippen molar-refractivity contribution in [2.45, 2.75) is 39.0 Å². The molecule has 0 spiro atoms. The summed E-state index contributed by atoms with van der Waals surface area (Å²) in [6, 6.07) is 16.1. The second-order valence-corrected chi connectivity index (χ2v) is 9.49. The lowest BCUT2D eigenvalue weighted by Crippen LogP contribution is -2.40. The van der Waals surface area contributed by atoms with E-state index in [-0.39, 0.29) is 17.9 Å². The minimum absolute atomic E-state index is 0.0711. The van der Waals surface area contributed by atoms with Crippen LogP contribution >= 0.6 is 0 Å². The minimum Gasteiger partial charge on any atom is -0.342 e. The largest absolute Gasteiger partial charge is 0.342 e. The molecule has 0 aliphatic carbocycles. The van der Waals surface area contributed by atoms with Gasteiger partial charge < -0.3 is 10.2 Å². The van der Waals surface area contributed by atoms with Gasteiger partial charge >= 0.3 is 6.03 Å². The van der Waals surface area contributed by atoms with Gasteiger partial charge in [0.2, 0.25) is 5.91 Å². The van der Waals surface area contributed by atoms with Gasteiger partial charge in [0, 0.05) is 49.5 Å². The third-order valence-corrected chi connectivity index (χ3v) is 6.89. The van der Waals surface area contributed by atoms with Crippen LogP contribution in [0.1, 0.15) is 41.4 Å². The molecule has 3 amide bonds. The van der Waals surface area contributed by atoms with Crippen LogP contribution in [-0.4, -0.2) is 53.0 Å². The molecule has 1 N–H and O–H groups in total. The lowest BCUT2D eigenvalue weighted by Gasteiger charge is -2.33. The molecule has 35 heavy (non-hydrogen) atoms. The van der Waals surface area contributed by atoms with Crippen molar-refractivity contribution in [2.24, 2.45) is 0 Å². The van der Waals surface area contributed by atoms with Gasteiger partial charge in [-0.2, -0.15) is 0 Å². The zero-order chi connectivity index (χ0) is 24.4. The fourth-order valence-electron chi connectivity index (χ4n) is 5.06. The van der Waals surface area contributed by atoms with Crippen LogP contribution in [-0.2, 0) is 11.2 Å². The summed E-state index contributed by atoms with van der Waals surface area (Å²) in [4.78, 5) is 38.1. The first-order chi connectivity index (χ1) is 17.0. The first kappa shape index (κ1) is 23.0. The fourth-order valence-corrected chi connectivity index (χ4v) is 5.06. The Morgan fingerprint density at radius 3 is 2.69 bits per heavy atom. The highest BCUT2D eigenvalue weighted by molar-refractivity contribution is 5.94. The van der Waals surface area contributed by atoms with Gasteiger partial charge in [0.05, 0.1) is 12.1 Å². The summed E-state index contributed by atoms with van der Waals surface area (Å²) in [6.07, 6.45) is 4.24. The average Bonchev–Trinajstić information content (AvgIpc) is 3.30. The van der Waals surface area contributed by atoms with Crippen LogP contribution in [0.25, 0.3) is 11.1 Å². The molecule has 180 valence electrons. The van der Waals surface area contributed by atoms with Crippen LogP contribution in [0.3, 0.4) is 0 Å². The first-order valence-electron chi connectivity index (χ1n) is 12.3. The highest BCUT2D eigenvalue weighted by Gasteiger charge is 2.28. The van der Waals surface area contributed by atoms with Crippen molar-refractivity contribution < 1.29 is 9.59 Å². The number of carbonyl (C=O) groups excluding carboxylic acids is 2. The molecule has 1 atom stereocenters. The van der Waals surface area contributed by atoms with E-state index >= 15 is 0 Å². The molecule has 3 heterocycles. The van der Waals surface area contributed by atoms with E-state index in [0.717, 1.165) is 53.3 Å². The molecule has 1 unspecified atom stereocenters. The molecular formula is C28H31N5O2. The maximum atomic E-state index is 13.2. The molecule has 2 aromatic carbocycles. The van der Waals surface area contributed by atoms with Crippen LogP contribution in [0, 0.1) is 13.8 Å². The smallest absolute Gasteiger partial charge is 0.321 e. The normalized spacial score (nSPS) is 18.0. The Bertz CT molecular complexity index is 1240. The first-order valence-corrected chi connectivity index (χ1v) is 12.3. The Morgan fingerprint density at radius 2 is 1.94 bits per heavy atom. The van der Waals surface area contributed by atoms with E-state index < -0.39 is 0 Å². The number of benzene rings is 2. The van der Waals surface area contributed by atoms with Crippen LogP contribution < -0.4 is 10.2 Å². The number of hydrogen-bond donors (Lipinski definition) is 1. The van der Waals surface area contributed by atoms with E-state index in [1.807, 2.05) is 42.3 Å². The number of nitrogens with one attached hydrogen (secondary N) is 1. The Morgan fingerprint density at radius 1 is 1.11 bits per heavy atom. The maximum Gasteiger partial charge on any atom is 0.321 e. The summed E-state index contributed by atoms with van der Waals surface area (Å²) in [5.41, 5.74) is 6.23. The van der Waals surface area contributed by atoms with Crippen LogP contribution in [0.4, 0.5) is 10.5 Å². The van der Waals surface area contributed by atoms with Crippen molar-refractivity contribution in [3.8, 4) is 11.1 Å². The lowest BCUT2D eigenvalue weighted by molar-refractivity contribution is -0.131. The molecule has 5 rings (SSSR count). The fraction of sp³-hybridized carbons (Fsp3) is 0.357. The summed E-state index contributed by atoms with van der Waals surface area (Å²) in [6.45, 7) is 6.77. The summed E-state index contributed by atoms with van der Waals surface area (Å²) < 4.78 is 0. The SMILES string of the molecule is Cc1cccc(-c2cnc(C)nc2C2CCCN(C(=O)Cc3ccc(N4CCNC4=O)cc3)C2)c1. The van der Waals surface area contributed by atoms with E-state index in [2.05, 4.69) is 41.5 Å². The van der Waals surface area contributed by atoms with Gasteiger partial charge in [-0.05, 0) is 49.9 Å². The highest BCUT2D eigenvalue weighted by Crippen LogP contribution is 2.33. The number of likely N-dealkylation sites (tertiary alicyclic amines) is 1. The molecule has 3 aromatic rings. The van der Waals surface area contributed by atoms with Crippen LogP contribution in [0.2, 0.25) is 0 Å². The van der Waals surface area contributed by atoms with E-state index in [1.54, 1.807) is 4.90 Å². The zero-order valence-electron chi connectivity index (χ0n) is 20.3. The molecule has 7 heteroatoms. The number of aryl methyl sites for hydroxylation is 2. The number of urea groups is 1. The molecule has 0 saturated carbocycles. The molecule has 2 aliphatic heterocycles. The molecule has 0 bridgehead atoms. The standard InChI is InChI=1S/C28H31N5O2/c1-19-5-3-6-22(15-19)25-17-30-20(2)31-27(25)23-7-4-13-32(18-23)26(34)16-21-8-10-24(11-9-21)33-14-12-29-28(33)35/h3,5-6,8-11,15,17,23H,4,7,12-14,16,18H2,1-2H3,(H,29,35). The monoisotopic (exact) mass is 469 g/mol. The summed E-state index contributed by atoms with van der Waals surface area (Å²) >= 11 is 0. The molecule has 1 aromatic heterocycles. The van der Waals surface area contributed by atoms with Crippen molar-refractivity contribution in [1.29, 1.82) is 0 Å². The number of piperidine rings is 1. The molecule has 2 saturated heterocycles. The molecule has 7 nitrogen and oxygen atoms in total. The minimum atomic E-state index is -0.0711. The number of carbonyl (C=O) groups is 2. The Kier molecular flexibility index (Phi) is 6.49. The molecular weight excluding hydrogens is 438 g/mol. The summed E-state index contributed by atoms with van der Waals surface area (Å²) in [5, 5.41) is 2.81. The van der Waals surface area contributed by atoms with E-state index in [1.165, 1.54) is 5.56 Å². The molecule has 0 radical (unpaired) electrons. The van der Waals surface area contributed by atoms with Gasteiger partial charge in [0.1, 0.15) is 5.82 Å². The van der Waals surface area contributed by atoms with Gasteiger partial charge in [-0.1, -0.05) is 42.0 Å². The average molecular weight is 470 g/mol.